The summed E-state index contributed by atoms with van der Waals surface area (Å²) in [5.74, 6) is -1.31. The molecule has 1 aliphatic heterocycles. The van der Waals surface area contributed by atoms with E-state index in [2.05, 4.69) is 20.4 Å². The second-order valence-electron chi connectivity index (χ2n) is 13.1. The van der Waals surface area contributed by atoms with Gasteiger partial charge in [0, 0.05) is 47.2 Å². The summed E-state index contributed by atoms with van der Waals surface area (Å²) in [4.78, 5) is 50.0. The number of halogens is 3. The number of anilines is 1. The summed E-state index contributed by atoms with van der Waals surface area (Å²) in [6, 6.07) is 6.51. The van der Waals surface area contributed by atoms with Gasteiger partial charge in [0.2, 0.25) is 11.8 Å². The Morgan fingerprint density at radius 2 is 1.83 bits per heavy atom. The number of carbonyl (C=O) groups is 3. The predicted octanol–water partition coefficient (Wildman–Crippen LogP) is 5.09. The minimum absolute atomic E-state index is 0.147. The molecular weight excluding hydrogens is 627 g/mol. The first-order valence-corrected chi connectivity index (χ1v) is 15.4. The Morgan fingerprint density at radius 3 is 2.54 bits per heavy atom. The van der Waals surface area contributed by atoms with Crippen molar-refractivity contribution in [3.63, 3.8) is 0 Å². The summed E-state index contributed by atoms with van der Waals surface area (Å²) in [6.45, 7) is 6.52. The number of benzene rings is 1. The number of alkyl halides is 3. The Morgan fingerprint density at radius 1 is 1.06 bits per heavy atom. The summed E-state index contributed by atoms with van der Waals surface area (Å²) in [6.07, 6.45) is 1.53. The van der Waals surface area contributed by atoms with Gasteiger partial charge in [0.25, 0.3) is 0 Å². The number of hydrogen-bond acceptors (Lipinski definition) is 7. The van der Waals surface area contributed by atoms with E-state index in [1.165, 1.54) is 13.0 Å². The largest absolute Gasteiger partial charge is 0.433 e. The predicted molar refractivity (Wildman–Crippen MR) is 169 cm³/mol. The number of fused-ring (bicyclic) bond motifs is 3. The van der Waals surface area contributed by atoms with E-state index in [0.29, 0.717) is 46.2 Å². The Labute approximate surface area is 272 Å². The molecule has 1 aliphatic carbocycles. The standard InChI is InChI=1S/C34H32F3N7O4/c1-17-5-6-26(34(35,36)37)39-31(17)40-32(48)25-10-33(4)11-27(33)44(25)29(47)15-42-14-24(19(3)46)23-8-20(7-18(2)30(23)42)21-12-38-28-9-22(16-45)41-43(28)13-21/h5-9,12-14,25,27,45H,10-11,15-16H2,1-4H3,(H,39,40,48)/t25-,27+,33-/m0/s1. The van der Waals surface area contributed by atoms with Crippen molar-refractivity contribution < 1.29 is 32.7 Å². The number of pyridine rings is 1. The fourth-order valence-electron chi connectivity index (χ4n) is 6.98. The Hall–Kier alpha value is -5.11. The Bertz CT molecular complexity index is 2170. The van der Waals surface area contributed by atoms with Gasteiger partial charge in [0.1, 0.15) is 24.1 Å². The molecule has 5 aromatic rings. The summed E-state index contributed by atoms with van der Waals surface area (Å²) >= 11 is 0. The molecule has 2 amide bonds. The van der Waals surface area contributed by atoms with Gasteiger partial charge in [-0.1, -0.05) is 13.0 Å². The van der Waals surface area contributed by atoms with Gasteiger partial charge in [-0.15, -0.1) is 0 Å². The van der Waals surface area contributed by atoms with Crippen LogP contribution in [-0.2, 0) is 28.9 Å². The molecule has 1 saturated heterocycles. The van der Waals surface area contributed by atoms with Crippen LogP contribution in [0.15, 0.2) is 48.9 Å². The lowest BCUT2D eigenvalue weighted by molar-refractivity contribution is -0.141. The third-order valence-corrected chi connectivity index (χ3v) is 9.56. The average Bonchev–Trinajstić information content (AvgIpc) is 3.32. The quantitative estimate of drug-likeness (QED) is 0.232. The molecule has 0 radical (unpaired) electrons. The number of aryl methyl sites for hydroxylation is 2. The molecule has 2 N–H and O–H groups in total. The number of hydrogen-bond donors (Lipinski definition) is 2. The zero-order chi connectivity index (χ0) is 34.3. The van der Waals surface area contributed by atoms with Crippen molar-refractivity contribution >= 4 is 40.0 Å². The smallest absolute Gasteiger partial charge is 0.390 e. The van der Waals surface area contributed by atoms with Gasteiger partial charge in [-0.25, -0.2) is 14.5 Å². The van der Waals surface area contributed by atoms with Crippen LogP contribution in [0.4, 0.5) is 19.0 Å². The maximum absolute atomic E-state index is 14.0. The van der Waals surface area contributed by atoms with Gasteiger partial charge >= 0.3 is 6.18 Å². The van der Waals surface area contributed by atoms with E-state index >= 15 is 0 Å². The minimum atomic E-state index is -4.68. The number of aliphatic hydroxyl groups excluding tert-OH is 1. The van der Waals surface area contributed by atoms with Gasteiger partial charge in [-0.2, -0.15) is 18.3 Å². The number of likely N-dealkylation sites (tertiary alicyclic amines) is 1. The van der Waals surface area contributed by atoms with E-state index in [9.17, 15) is 32.7 Å². The maximum Gasteiger partial charge on any atom is 0.433 e. The molecule has 2 fully saturated rings. The summed E-state index contributed by atoms with van der Waals surface area (Å²) in [7, 11) is 0. The molecule has 14 heteroatoms. The number of nitrogens with zero attached hydrogens (tertiary/aromatic N) is 6. The monoisotopic (exact) mass is 659 g/mol. The number of ketones is 1. The number of piperidine rings is 1. The van der Waals surface area contributed by atoms with Crippen molar-refractivity contribution in [2.75, 3.05) is 5.32 Å². The van der Waals surface area contributed by atoms with Gasteiger partial charge < -0.3 is 19.9 Å². The number of aliphatic hydroxyl groups is 1. The van der Waals surface area contributed by atoms with Crippen LogP contribution in [0.3, 0.4) is 0 Å². The third-order valence-electron chi connectivity index (χ3n) is 9.56. The van der Waals surface area contributed by atoms with E-state index in [1.54, 1.807) is 45.6 Å². The highest BCUT2D eigenvalue weighted by Gasteiger charge is 2.64. The van der Waals surface area contributed by atoms with E-state index in [1.807, 2.05) is 26.0 Å². The summed E-state index contributed by atoms with van der Waals surface area (Å²) < 4.78 is 43.3. The number of aromatic nitrogens is 5. The SMILES string of the molecule is CC(=O)c1cn(CC(=O)N2[C@H](C(=O)Nc3nc(C(F)(F)F)ccc3C)C[C@@]3(C)C[C@@H]23)c2c(C)cc(-c3cnc4cc(CO)nn4c3)cc12. The normalized spacial score (nSPS) is 20.4. The molecule has 0 bridgehead atoms. The van der Waals surface area contributed by atoms with E-state index in [0.717, 1.165) is 22.8 Å². The minimum Gasteiger partial charge on any atom is -0.390 e. The Kier molecular flexibility index (Phi) is 7.20. The molecule has 0 unspecified atom stereocenters. The lowest BCUT2D eigenvalue weighted by atomic mass is 10.0. The van der Waals surface area contributed by atoms with Crippen molar-refractivity contribution in [1.29, 1.82) is 0 Å². The first-order valence-electron chi connectivity index (χ1n) is 15.4. The molecule has 48 heavy (non-hydrogen) atoms. The molecule has 248 valence electrons. The highest BCUT2D eigenvalue weighted by Crippen LogP contribution is 2.59. The first-order chi connectivity index (χ1) is 22.7. The molecular formula is C34H32F3N7O4. The van der Waals surface area contributed by atoms with Crippen LogP contribution >= 0.6 is 0 Å². The van der Waals surface area contributed by atoms with Crippen molar-refractivity contribution in [3.8, 4) is 11.1 Å². The molecule has 1 aromatic carbocycles. The topological polar surface area (TPSA) is 135 Å². The fraction of sp³-hybridized carbons (Fsp3) is 0.353. The van der Waals surface area contributed by atoms with Crippen molar-refractivity contribution in [2.24, 2.45) is 5.41 Å². The summed E-state index contributed by atoms with van der Waals surface area (Å²) in [5.41, 5.74) is 3.48. The molecule has 5 heterocycles. The molecule has 3 atom stereocenters. The lowest BCUT2D eigenvalue weighted by Crippen LogP contribution is -2.46. The highest BCUT2D eigenvalue weighted by molar-refractivity contribution is 6.09. The molecule has 4 aromatic heterocycles. The lowest BCUT2D eigenvalue weighted by Gasteiger charge is -2.27. The number of amides is 2. The van der Waals surface area contributed by atoms with Crippen LogP contribution in [0, 0.1) is 19.3 Å². The van der Waals surface area contributed by atoms with E-state index in [-0.39, 0.29) is 42.1 Å². The summed E-state index contributed by atoms with van der Waals surface area (Å²) in [5, 5.41) is 17.0. The van der Waals surface area contributed by atoms with Gasteiger partial charge in [0.05, 0.1) is 17.8 Å². The van der Waals surface area contributed by atoms with Crippen LogP contribution in [0.2, 0.25) is 0 Å². The van der Waals surface area contributed by atoms with Crippen LogP contribution in [0.25, 0.3) is 27.7 Å². The molecule has 2 aliphatic rings. The number of nitrogens with one attached hydrogen (secondary N) is 1. The van der Waals surface area contributed by atoms with Crippen molar-refractivity contribution in [1.82, 2.24) is 29.0 Å². The first kappa shape index (κ1) is 31.5. The zero-order valence-electron chi connectivity index (χ0n) is 26.6. The second kappa shape index (κ2) is 11.0. The average molecular weight is 660 g/mol. The van der Waals surface area contributed by atoms with Gasteiger partial charge in [-0.3, -0.25) is 14.4 Å². The number of rotatable bonds is 7. The Balaban J connectivity index is 1.19. The maximum atomic E-state index is 14.0. The molecule has 7 rings (SSSR count). The van der Waals surface area contributed by atoms with Gasteiger partial charge in [-0.05, 0) is 73.9 Å². The third kappa shape index (κ3) is 5.29. The van der Waals surface area contributed by atoms with Crippen molar-refractivity contribution in [2.45, 2.75) is 71.9 Å². The highest BCUT2D eigenvalue weighted by atomic mass is 19.4. The van der Waals surface area contributed by atoms with Crippen LogP contribution in [0.1, 0.15) is 59.6 Å². The zero-order valence-corrected chi connectivity index (χ0v) is 26.6. The second-order valence-corrected chi connectivity index (χ2v) is 13.1. The molecule has 11 nitrogen and oxygen atoms in total. The van der Waals surface area contributed by atoms with Crippen LogP contribution in [-0.4, -0.2) is 63.8 Å². The van der Waals surface area contributed by atoms with Crippen molar-refractivity contribution in [3.05, 3.63) is 77.0 Å². The molecule has 1 saturated carbocycles. The van der Waals surface area contributed by atoms with Gasteiger partial charge in [0.15, 0.2) is 11.4 Å². The molecule has 0 spiro atoms. The number of carbonyl (C=O) groups excluding carboxylic acids is 3. The van der Waals surface area contributed by atoms with Crippen LogP contribution < -0.4 is 5.32 Å². The number of Topliss-reactive ketones (excluding diaryl/α,β-unsaturated/α-hetero) is 1. The van der Waals surface area contributed by atoms with E-state index < -0.39 is 23.8 Å². The van der Waals surface area contributed by atoms with E-state index in [4.69, 9.17) is 0 Å². The fourth-order valence-corrected chi connectivity index (χ4v) is 6.98. The van der Waals surface area contributed by atoms with Crippen LogP contribution in [0.5, 0.6) is 0 Å².